The molecule has 27 heavy (non-hydrogen) atoms. The topological polar surface area (TPSA) is 75.7 Å². The summed E-state index contributed by atoms with van der Waals surface area (Å²) in [6.07, 6.45) is 2.91. The van der Waals surface area contributed by atoms with Crippen LogP contribution < -0.4 is 9.46 Å². The summed E-state index contributed by atoms with van der Waals surface area (Å²) in [5, 5.41) is 0. The zero-order chi connectivity index (χ0) is 19.4. The van der Waals surface area contributed by atoms with Crippen molar-refractivity contribution >= 4 is 21.6 Å². The molecule has 0 bridgehead atoms. The number of nitrogens with zero attached hydrogens (tertiary/aromatic N) is 1. The number of likely N-dealkylation sites (tertiary alicyclic amines) is 1. The number of hydrogen-bond acceptors (Lipinski definition) is 4. The molecular formula is C19H21FN2O4S. The van der Waals surface area contributed by atoms with Crippen LogP contribution in [0.25, 0.3) is 0 Å². The summed E-state index contributed by atoms with van der Waals surface area (Å²) in [6, 6.07) is 9.53. The summed E-state index contributed by atoms with van der Waals surface area (Å²) in [5.74, 6) is -0.649. The van der Waals surface area contributed by atoms with Crippen molar-refractivity contribution in [1.82, 2.24) is 4.90 Å². The minimum Gasteiger partial charge on any atom is -0.496 e. The fraction of sp³-hybridized carbons (Fsp3) is 0.316. The molecule has 2 aromatic rings. The molecule has 1 aliphatic rings. The maximum absolute atomic E-state index is 13.8. The number of rotatable bonds is 5. The summed E-state index contributed by atoms with van der Waals surface area (Å²) in [7, 11) is -2.64. The second kappa shape index (κ2) is 7.96. The van der Waals surface area contributed by atoms with Gasteiger partial charge in [0.1, 0.15) is 11.6 Å². The van der Waals surface area contributed by atoms with Gasteiger partial charge in [0.15, 0.2) is 0 Å². The van der Waals surface area contributed by atoms with Gasteiger partial charge in [0.25, 0.3) is 15.9 Å². The molecule has 144 valence electrons. The van der Waals surface area contributed by atoms with Crippen LogP contribution in [0.3, 0.4) is 0 Å². The van der Waals surface area contributed by atoms with Crippen LogP contribution in [0.5, 0.6) is 5.75 Å². The van der Waals surface area contributed by atoms with Gasteiger partial charge < -0.3 is 9.64 Å². The fourth-order valence-corrected chi connectivity index (χ4v) is 4.13. The second-order valence-corrected chi connectivity index (χ2v) is 7.98. The summed E-state index contributed by atoms with van der Waals surface area (Å²) in [4.78, 5) is 14.4. The smallest absolute Gasteiger partial charge is 0.262 e. The maximum atomic E-state index is 13.8. The highest BCUT2D eigenvalue weighted by Gasteiger charge is 2.25. The summed E-state index contributed by atoms with van der Waals surface area (Å²) in [6.45, 7) is 1.26. The van der Waals surface area contributed by atoms with E-state index in [2.05, 4.69) is 4.72 Å². The van der Waals surface area contributed by atoms with Crippen LogP contribution in [0.15, 0.2) is 47.4 Å². The number of halogens is 1. The van der Waals surface area contributed by atoms with Gasteiger partial charge in [-0.3, -0.25) is 9.52 Å². The van der Waals surface area contributed by atoms with Crippen molar-refractivity contribution in [3.05, 3.63) is 53.8 Å². The van der Waals surface area contributed by atoms with Gasteiger partial charge in [-0.2, -0.15) is 0 Å². The Morgan fingerprint density at radius 1 is 1.11 bits per heavy atom. The number of amides is 1. The zero-order valence-corrected chi connectivity index (χ0v) is 15.8. The van der Waals surface area contributed by atoms with Crippen molar-refractivity contribution in [1.29, 1.82) is 0 Å². The lowest BCUT2D eigenvalue weighted by Gasteiger charge is -2.27. The molecule has 1 amide bonds. The van der Waals surface area contributed by atoms with E-state index in [-0.39, 0.29) is 22.1 Å². The number of nitrogens with one attached hydrogen (secondary N) is 1. The Bertz CT molecular complexity index is 940. The molecule has 2 aromatic carbocycles. The predicted molar refractivity (Wildman–Crippen MR) is 100.0 cm³/mol. The number of benzene rings is 2. The summed E-state index contributed by atoms with van der Waals surface area (Å²) in [5.41, 5.74) is 0.0213. The van der Waals surface area contributed by atoms with E-state index in [4.69, 9.17) is 4.74 Å². The number of sulfonamides is 1. The monoisotopic (exact) mass is 392 g/mol. The first-order valence-corrected chi connectivity index (χ1v) is 10.2. The Kier molecular flexibility index (Phi) is 5.65. The molecule has 0 aromatic heterocycles. The first-order valence-electron chi connectivity index (χ1n) is 8.67. The minimum atomic E-state index is -4.06. The van der Waals surface area contributed by atoms with Gasteiger partial charge in [0.2, 0.25) is 0 Å². The Hall–Kier alpha value is -2.61. The van der Waals surface area contributed by atoms with Crippen LogP contribution >= 0.6 is 0 Å². The molecule has 0 spiro atoms. The number of carbonyl (C=O) groups is 1. The lowest BCUT2D eigenvalue weighted by molar-refractivity contribution is 0.0720. The van der Waals surface area contributed by atoms with Crippen molar-refractivity contribution in [3.8, 4) is 5.75 Å². The van der Waals surface area contributed by atoms with Gasteiger partial charge in [-0.15, -0.1) is 0 Å². The van der Waals surface area contributed by atoms with Crippen molar-refractivity contribution in [2.75, 3.05) is 24.9 Å². The molecule has 6 nitrogen and oxygen atoms in total. The first-order chi connectivity index (χ1) is 12.9. The number of piperidine rings is 1. The largest absolute Gasteiger partial charge is 0.496 e. The lowest BCUT2D eigenvalue weighted by Crippen LogP contribution is -2.35. The SMILES string of the molecule is COc1ccc(S(=O)(=O)Nc2ccccc2F)cc1C(=O)N1CCCCC1. The third kappa shape index (κ3) is 4.21. The van der Waals surface area contributed by atoms with Gasteiger partial charge >= 0.3 is 0 Å². The second-order valence-electron chi connectivity index (χ2n) is 6.30. The van der Waals surface area contributed by atoms with E-state index < -0.39 is 15.8 Å². The highest BCUT2D eigenvalue weighted by atomic mass is 32.2. The Labute approximate surface area is 158 Å². The van der Waals surface area contributed by atoms with E-state index in [0.29, 0.717) is 18.8 Å². The third-order valence-electron chi connectivity index (χ3n) is 4.47. The van der Waals surface area contributed by atoms with E-state index in [9.17, 15) is 17.6 Å². The van der Waals surface area contributed by atoms with E-state index in [1.165, 1.54) is 43.5 Å². The van der Waals surface area contributed by atoms with Crippen LogP contribution in [-0.2, 0) is 10.0 Å². The van der Waals surface area contributed by atoms with Crippen molar-refractivity contribution in [2.45, 2.75) is 24.2 Å². The van der Waals surface area contributed by atoms with E-state index >= 15 is 0 Å². The molecule has 1 fully saturated rings. The third-order valence-corrected chi connectivity index (χ3v) is 5.84. The molecule has 0 atom stereocenters. The average Bonchev–Trinajstić information content (AvgIpc) is 2.69. The molecule has 1 N–H and O–H groups in total. The predicted octanol–water partition coefficient (Wildman–Crippen LogP) is 3.26. The highest BCUT2D eigenvalue weighted by molar-refractivity contribution is 7.92. The fourth-order valence-electron chi connectivity index (χ4n) is 3.04. The summed E-state index contributed by atoms with van der Waals surface area (Å²) < 4.78 is 46.6. The van der Waals surface area contributed by atoms with E-state index in [0.717, 1.165) is 25.3 Å². The normalized spacial score (nSPS) is 14.7. The first kappa shape index (κ1) is 19.2. The Balaban J connectivity index is 1.94. The molecule has 0 unspecified atom stereocenters. The molecule has 3 rings (SSSR count). The maximum Gasteiger partial charge on any atom is 0.262 e. The van der Waals surface area contributed by atoms with Gasteiger partial charge in [0.05, 0.1) is 23.3 Å². The van der Waals surface area contributed by atoms with E-state index in [1.807, 2.05) is 0 Å². The van der Waals surface area contributed by atoms with Crippen LogP contribution in [0.1, 0.15) is 29.6 Å². The van der Waals surface area contributed by atoms with Crippen LogP contribution in [0.2, 0.25) is 0 Å². The zero-order valence-electron chi connectivity index (χ0n) is 14.9. The molecule has 0 radical (unpaired) electrons. The van der Waals surface area contributed by atoms with Crippen molar-refractivity contribution in [3.63, 3.8) is 0 Å². The molecule has 1 aliphatic heterocycles. The van der Waals surface area contributed by atoms with Crippen LogP contribution in [-0.4, -0.2) is 39.4 Å². The number of hydrogen-bond donors (Lipinski definition) is 1. The van der Waals surface area contributed by atoms with E-state index in [1.54, 1.807) is 4.90 Å². The Morgan fingerprint density at radius 3 is 2.48 bits per heavy atom. The van der Waals surface area contributed by atoms with Crippen LogP contribution in [0.4, 0.5) is 10.1 Å². The molecule has 1 saturated heterocycles. The minimum absolute atomic E-state index is 0.132. The van der Waals surface area contributed by atoms with Crippen molar-refractivity contribution < 1.29 is 22.3 Å². The van der Waals surface area contributed by atoms with Gasteiger partial charge in [-0.25, -0.2) is 12.8 Å². The van der Waals surface area contributed by atoms with Gasteiger partial charge in [0, 0.05) is 13.1 Å². The molecular weight excluding hydrogens is 371 g/mol. The van der Waals surface area contributed by atoms with Gasteiger partial charge in [-0.05, 0) is 49.6 Å². The average molecular weight is 392 g/mol. The van der Waals surface area contributed by atoms with Gasteiger partial charge in [-0.1, -0.05) is 12.1 Å². The standard InChI is InChI=1S/C19H21FN2O4S/c1-26-18-10-9-14(13-15(18)19(23)22-11-5-2-6-12-22)27(24,25)21-17-8-4-3-7-16(17)20/h3-4,7-10,13,21H,2,5-6,11-12H2,1H3. The Morgan fingerprint density at radius 2 is 1.81 bits per heavy atom. The summed E-state index contributed by atoms with van der Waals surface area (Å²) >= 11 is 0. The number of ether oxygens (including phenoxy) is 1. The number of methoxy groups -OCH3 is 1. The highest BCUT2D eigenvalue weighted by Crippen LogP contribution is 2.27. The number of para-hydroxylation sites is 1. The molecule has 1 heterocycles. The number of carbonyl (C=O) groups excluding carboxylic acids is 1. The quantitative estimate of drug-likeness (QED) is 0.847. The molecule has 0 saturated carbocycles. The van der Waals surface area contributed by atoms with Crippen LogP contribution in [0, 0.1) is 5.82 Å². The molecule has 0 aliphatic carbocycles. The number of anilines is 1. The lowest BCUT2D eigenvalue weighted by atomic mass is 10.1. The molecule has 8 heteroatoms. The van der Waals surface area contributed by atoms with Crippen molar-refractivity contribution in [2.24, 2.45) is 0 Å².